The summed E-state index contributed by atoms with van der Waals surface area (Å²) in [5.74, 6) is -2.01. The quantitative estimate of drug-likeness (QED) is 0.643. The molecule has 1 aromatic rings. The maximum atomic E-state index is 12.1. The smallest absolute Gasteiger partial charge is 0.335 e. The molecule has 2 N–H and O–H groups in total. The molecule has 8 heteroatoms. The van der Waals surface area contributed by atoms with E-state index < -0.39 is 16.6 Å². The first-order valence-corrected chi connectivity index (χ1v) is 6.34. The first-order valence-electron chi connectivity index (χ1n) is 6.34. The van der Waals surface area contributed by atoms with Gasteiger partial charge >= 0.3 is 5.97 Å². The van der Waals surface area contributed by atoms with Gasteiger partial charge < -0.3 is 15.2 Å². The van der Waals surface area contributed by atoms with E-state index in [-0.39, 0.29) is 29.2 Å². The fourth-order valence-electron chi connectivity index (χ4n) is 2.22. The number of rotatable bonds is 4. The standard InChI is InChI=1S/C13H14N2O6/c1-7-9(4-5-21-7)12(16)14-10-3-2-8(13(17)18)6-11(10)15(19)20/h2-3,6-7,9H,4-5H2,1H3,(H,14,16)(H,17,18). The van der Waals surface area contributed by atoms with Gasteiger partial charge in [0.15, 0.2) is 0 Å². The molecule has 1 aliphatic rings. The Morgan fingerprint density at radius 3 is 2.71 bits per heavy atom. The summed E-state index contributed by atoms with van der Waals surface area (Å²) >= 11 is 0. The van der Waals surface area contributed by atoms with Crippen LogP contribution in [-0.2, 0) is 9.53 Å². The third-order valence-electron chi connectivity index (χ3n) is 3.41. The van der Waals surface area contributed by atoms with E-state index in [4.69, 9.17) is 9.84 Å². The number of benzene rings is 1. The first-order chi connectivity index (χ1) is 9.90. The second-order valence-electron chi connectivity index (χ2n) is 4.75. The average Bonchev–Trinajstić information content (AvgIpc) is 2.85. The third-order valence-corrected chi connectivity index (χ3v) is 3.41. The second-order valence-corrected chi connectivity index (χ2v) is 4.75. The number of nitro groups is 1. The molecule has 1 aliphatic heterocycles. The lowest BCUT2D eigenvalue weighted by Gasteiger charge is -2.14. The lowest BCUT2D eigenvalue weighted by molar-refractivity contribution is -0.384. The van der Waals surface area contributed by atoms with E-state index in [9.17, 15) is 19.7 Å². The second kappa shape index (κ2) is 5.88. The van der Waals surface area contributed by atoms with Crippen LogP contribution in [0, 0.1) is 16.0 Å². The molecule has 1 aromatic carbocycles. The summed E-state index contributed by atoms with van der Waals surface area (Å²) in [7, 11) is 0. The molecule has 2 unspecified atom stereocenters. The van der Waals surface area contributed by atoms with Crippen LogP contribution in [0.1, 0.15) is 23.7 Å². The number of amides is 1. The first kappa shape index (κ1) is 14.9. The third kappa shape index (κ3) is 3.16. The number of carbonyl (C=O) groups is 2. The molecule has 0 aromatic heterocycles. The van der Waals surface area contributed by atoms with Gasteiger partial charge in [0.1, 0.15) is 5.69 Å². The van der Waals surface area contributed by atoms with Gasteiger partial charge in [-0.05, 0) is 25.5 Å². The number of nitrogens with zero attached hydrogens (tertiary/aromatic N) is 1. The highest BCUT2D eigenvalue weighted by molar-refractivity contribution is 5.97. The summed E-state index contributed by atoms with van der Waals surface area (Å²) in [6, 6.07) is 3.35. The zero-order valence-corrected chi connectivity index (χ0v) is 11.2. The van der Waals surface area contributed by atoms with Crippen molar-refractivity contribution in [3.63, 3.8) is 0 Å². The number of nitrogens with one attached hydrogen (secondary N) is 1. The number of anilines is 1. The number of aromatic carboxylic acids is 1. The monoisotopic (exact) mass is 294 g/mol. The van der Waals surface area contributed by atoms with Crippen LogP contribution in [0.5, 0.6) is 0 Å². The maximum absolute atomic E-state index is 12.1. The Kier molecular flexibility index (Phi) is 4.18. The average molecular weight is 294 g/mol. The predicted molar refractivity (Wildman–Crippen MR) is 72.2 cm³/mol. The van der Waals surface area contributed by atoms with Gasteiger partial charge in [-0.2, -0.15) is 0 Å². The topological polar surface area (TPSA) is 119 Å². The number of carboxylic acid groups (broad SMARTS) is 1. The van der Waals surface area contributed by atoms with E-state index in [0.717, 1.165) is 6.07 Å². The van der Waals surface area contributed by atoms with Gasteiger partial charge in [0.25, 0.3) is 5.69 Å². The molecule has 0 bridgehead atoms. The zero-order chi connectivity index (χ0) is 15.6. The van der Waals surface area contributed by atoms with Crippen LogP contribution in [0.3, 0.4) is 0 Å². The summed E-state index contributed by atoms with van der Waals surface area (Å²) in [6.45, 7) is 2.23. The Balaban J connectivity index is 2.25. The number of nitro benzene ring substituents is 1. The van der Waals surface area contributed by atoms with E-state index >= 15 is 0 Å². The predicted octanol–water partition coefficient (Wildman–Crippen LogP) is 1.66. The molecular weight excluding hydrogens is 280 g/mol. The minimum absolute atomic E-state index is 0.0194. The van der Waals surface area contributed by atoms with E-state index in [2.05, 4.69) is 5.32 Å². The summed E-state index contributed by atoms with van der Waals surface area (Å²) in [5.41, 5.74) is -0.679. The molecule has 8 nitrogen and oxygen atoms in total. The minimum Gasteiger partial charge on any atom is -0.478 e. The van der Waals surface area contributed by atoms with E-state index in [1.54, 1.807) is 6.92 Å². The fraction of sp³-hybridized carbons (Fsp3) is 0.385. The molecule has 1 amide bonds. The van der Waals surface area contributed by atoms with E-state index in [1.807, 2.05) is 0 Å². The van der Waals surface area contributed by atoms with Crippen molar-refractivity contribution >= 4 is 23.3 Å². The zero-order valence-electron chi connectivity index (χ0n) is 11.2. The molecular formula is C13H14N2O6. The molecule has 0 spiro atoms. The Morgan fingerprint density at radius 1 is 1.48 bits per heavy atom. The highest BCUT2D eigenvalue weighted by Gasteiger charge is 2.32. The lowest BCUT2D eigenvalue weighted by Crippen LogP contribution is -2.28. The normalized spacial score (nSPS) is 21.0. The molecule has 0 aliphatic carbocycles. The van der Waals surface area contributed by atoms with Crippen LogP contribution in [0.2, 0.25) is 0 Å². The lowest BCUT2D eigenvalue weighted by atomic mass is 10.0. The van der Waals surface area contributed by atoms with Crippen LogP contribution in [0.4, 0.5) is 11.4 Å². The highest BCUT2D eigenvalue weighted by Crippen LogP contribution is 2.28. The van der Waals surface area contributed by atoms with Crippen LogP contribution in [-0.4, -0.2) is 34.6 Å². The highest BCUT2D eigenvalue weighted by atomic mass is 16.6. The maximum Gasteiger partial charge on any atom is 0.335 e. The van der Waals surface area contributed by atoms with Gasteiger partial charge in [-0.15, -0.1) is 0 Å². The molecule has 1 heterocycles. The van der Waals surface area contributed by atoms with Crippen LogP contribution in [0.25, 0.3) is 0 Å². The van der Waals surface area contributed by atoms with E-state index in [0.29, 0.717) is 13.0 Å². The number of ether oxygens (including phenoxy) is 1. The van der Waals surface area contributed by atoms with Crippen molar-refractivity contribution in [2.45, 2.75) is 19.4 Å². The molecule has 0 radical (unpaired) electrons. The Morgan fingerprint density at radius 2 is 2.19 bits per heavy atom. The van der Waals surface area contributed by atoms with Crippen molar-refractivity contribution in [2.75, 3.05) is 11.9 Å². The minimum atomic E-state index is -1.27. The van der Waals surface area contributed by atoms with E-state index in [1.165, 1.54) is 12.1 Å². The van der Waals surface area contributed by atoms with Gasteiger partial charge in [-0.3, -0.25) is 14.9 Å². The molecule has 0 saturated carbocycles. The van der Waals surface area contributed by atoms with Crippen molar-refractivity contribution in [1.29, 1.82) is 0 Å². The number of hydrogen-bond donors (Lipinski definition) is 2. The molecule has 2 atom stereocenters. The largest absolute Gasteiger partial charge is 0.478 e. The van der Waals surface area contributed by atoms with Gasteiger partial charge in [0, 0.05) is 12.7 Å². The molecule has 1 fully saturated rings. The summed E-state index contributed by atoms with van der Waals surface area (Å²) < 4.78 is 5.28. The molecule has 21 heavy (non-hydrogen) atoms. The summed E-state index contributed by atoms with van der Waals surface area (Å²) in [6.07, 6.45) is 0.302. The van der Waals surface area contributed by atoms with Crippen molar-refractivity contribution in [1.82, 2.24) is 0 Å². The number of carbonyl (C=O) groups excluding carboxylic acids is 1. The Labute approximate surface area is 119 Å². The fourth-order valence-corrected chi connectivity index (χ4v) is 2.22. The summed E-state index contributed by atoms with van der Waals surface area (Å²) in [5, 5.41) is 22.3. The van der Waals surface area contributed by atoms with Gasteiger partial charge in [-0.1, -0.05) is 0 Å². The van der Waals surface area contributed by atoms with Crippen LogP contribution < -0.4 is 5.32 Å². The van der Waals surface area contributed by atoms with Gasteiger partial charge in [0.05, 0.1) is 22.5 Å². The SMILES string of the molecule is CC1OCCC1C(=O)Nc1ccc(C(=O)O)cc1[N+](=O)[O-]. The van der Waals surface area contributed by atoms with Crippen LogP contribution >= 0.6 is 0 Å². The van der Waals surface area contributed by atoms with Gasteiger partial charge in [-0.25, -0.2) is 4.79 Å². The van der Waals surface area contributed by atoms with Crippen molar-refractivity contribution in [2.24, 2.45) is 5.92 Å². The molecule has 112 valence electrons. The number of hydrogen-bond acceptors (Lipinski definition) is 5. The van der Waals surface area contributed by atoms with Gasteiger partial charge in [0.2, 0.25) is 5.91 Å². The molecule has 1 saturated heterocycles. The van der Waals surface area contributed by atoms with Crippen molar-refractivity contribution in [3.05, 3.63) is 33.9 Å². The number of carboxylic acids is 1. The van der Waals surface area contributed by atoms with Crippen molar-refractivity contribution < 1.29 is 24.4 Å². The summed E-state index contributed by atoms with van der Waals surface area (Å²) in [4.78, 5) is 33.2. The Bertz CT molecular complexity index is 600. The Hall–Kier alpha value is -2.48. The van der Waals surface area contributed by atoms with Crippen LogP contribution in [0.15, 0.2) is 18.2 Å². The van der Waals surface area contributed by atoms with Crippen molar-refractivity contribution in [3.8, 4) is 0 Å². The molecule has 2 rings (SSSR count).